The molecule has 35 heavy (non-hydrogen) atoms. The fourth-order valence-corrected chi connectivity index (χ4v) is 3.34. The fraction of sp³-hybridized carbons (Fsp3) is 0.261. The fourth-order valence-electron chi connectivity index (χ4n) is 3.34. The molecule has 0 bridgehead atoms. The van der Waals surface area contributed by atoms with Crippen LogP contribution in [0.1, 0.15) is 37.6 Å². The van der Waals surface area contributed by atoms with E-state index in [1.54, 1.807) is 6.92 Å². The molecular weight excluding hydrogens is 452 g/mol. The number of carbonyl (C=O) groups excluding carboxylic acids is 3. The van der Waals surface area contributed by atoms with Crippen LogP contribution >= 0.6 is 0 Å². The van der Waals surface area contributed by atoms with Crippen LogP contribution < -0.4 is 4.74 Å². The van der Waals surface area contributed by atoms with E-state index in [1.165, 1.54) is 36.4 Å². The topological polar surface area (TPSA) is 139 Å². The molecule has 5 heterocycles. The SMILES string of the molecule is [2H]C1([2H])N(C(=O)C(=O)c2c[nH]c3c(-n4cnc(C)n4)ncc(OC)c23)C([2H])([2H])C([2H])([2H])N(C(=O)c2ccccn2)C1([2H])[2H]. The van der Waals surface area contributed by atoms with Crippen molar-refractivity contribution in [3.63, 3.8) is 0 Å². The molecule has 1 fully saturated rings. The number of aromatic nitrogens is 6. The molecule has 178 valence electrons. The Morgan fingerprint density at radius 3 is 2.51 bits per heavy atom. The smallest absolute Gasteiger partial charge is 0.295 e. The van der Waals surface area contributed by atoms with Crippen molar-refractivity contribution in [1.29, 1.82) is 0 Å². The molecule has 12 nitrogen and oxygen atoms in total. The third-order valence-electron chi connectivity index (χ3n) is 4.97. The summed E-state index contributed by atoms with van der Waals surface area (Å²) in [5.74, 6) is -4.40. The molecule has 0 radical (unpaired) electrons. The van der Waals surface area contributed by atoms with E-state index in [4.69, 9.17) is 15.7 Å². The summed E-state index contributed by atoms with van der Waals surface area (Å²) in [5, 5.41) is 4.15. The van der Waals surface area contributed by atoms with Gasteiger partial charge in [0.15, 0.2) is 5.82 Å². The molecule has 5 rings (SSSR count). The molecule has 0 aromatic carbocycles. The zero-order valence-electron chi connectivity index (χ0n) is 26.3. The number of ether oxygens (including phenoxy) is 1. The highest BCUT2D eigenvalue weighted by molar-refractivity contribution is 6.45. The molecular formula is C23H22N8O4. The first-order chi connectivity index (χ1) is 20.0. The van der Waals surface area contributed by atoms with Crippen LogP contribution in [0.4, 0.5) is 0 Å². The lowest BCUT2D eigenvalue weighted by atomic mass is 10.1. The van der Waals surface area contributed by atoms with E-state index in [-0.39, 0.29) is 27.4 Å². The Hall–Kier alpha value is -4.61. The maximum Gasteiger partial charge on any atom is 0.295 e. The monoisotopic (exact) mass is 482 g/mol. The van der Waals surface area contributed by atoms with Crippen molar-refractivity contribution >= 4 is 28.5 Å². The van der Waals surface area contributed by atoms with E-state index in [0.717, 1.165) is 18.5 Å². The molecule has 4 aromatic rings. The number of fused-ring (bicyclic) bond motifs is 1. The van der Waals surface area contributed by atoms with Crippen LogP contribution in [0.2, 0.25) is 0 Å². The largest absolute Gasteiger partial charge is 0.494 e. The molecule has 1 saturated heterocycles. The van der Waals surface area contributed by atoms with Crippen molar-refractivity contribution < 1.29 is 30.1 Å². The summed E-state index contributed by atoms with van der Waals surface area (Å²) >= 11 is 0. The maximum atomic E-state index is 13.7. The summed E-state index contributed by atoms with van der Waals surface area (Å²) in [5.41, 5.74) is -0.796. The van der Waals surface area contributed by atoms with Gasteiger partial charge in [-0.15, -0.1) is 0 Å². The standard InChI is InChI=1S/C23H22N8O4/c1-14-27-13-31(28-14)21-19-18(17(35-2)12-26-21)15(11-25-19)20(32)23(34)30-9-7-29(8-10-30)22(33)16-5-3-4-6-24-16/h3-6,11-13,25H,7-10H2,1-2H3/i7D2,8D2,9D2,10D2. The number of pyridine rings is 2. The molecule has 1 N–H and O–H groups in total. The van der Waals surface area contributed by atoms with Gasteiger partial charge in [-0.05, 0) is 19.1 Å². The summed E-state index contributed by atoms with van der Waals surface area (Å²) < 4.78 is 74.5. The maximum absolute atomic E-state index is 13.7. The van der Waals surface area contributed by atoms with Gasteiger partial charge in [-0.25, -0.2) is 14.6 Å². The average Bonchev–Trinajstić information content (AvgIpc) is 3.58. The van der Waals surface area contributed by atoms with E-state index < -0.39 is 59.7 Å². The number of nitrogens with zero attached hydrogens (tertiary/aromatic N) is 7. The number of rotatable bonds is 5. The molecule has 4 aromatic heterocycles. The van der Waals surface area contributed by atoms with E-state index in [9.17, 15) is 14.4 Å². The second kappa shape index (κ2) is 8.97. The highest BCUT2D eigenvalue weighted by Gasteiger charge is 2.31. The Bertz CT molecular complexity index is 1750. The van der Waals surface area contributed by atoms with E-state index in [0.29, 0.717) is 5.82 Å². The summed E-state index contributed by atoms with van der Waals surface area (Å²) in [6.07, 6.45) is 4.79. The Labute approximate surface area is 210 Å². The van der Waals surface area contributed by atoms with Gasteiger partial charge < -0.3 is 19.5 Å². The van der Waals surface area contributed by atoms with Crippen LogP contribution in [0, 0.1) is 6.92 Å². The minimum absolute atomic E-state index is 0.00422. The summed E-state index contributed by atoms with van der Waals surface area (Å²) in [6.45, 7) is -13.3. The van der Waals surface area contributed by atoms with Crippen molar-refractivity contribution in [3.05, 3.63) is 60.2 Å². The first-order valence-corrected chi connectivity index (χ1v) is 10.1. The molecule has 0 aliphatic carbocycles. The number of amides is 2. The van der Waals surface area contributed by atoms with Crippen LogP contribution in [0.5, 0.6) is 5.75 Å². The molecule has 0 saturated carbocycles. The second-order valence-corrected chi connectivity index (χ2v) is 7.11. The first-order valence-electron chi connectivity index (χ1n) is 14.1. The van der Waals surface area contributed by atoms with Crippen molar-refractivity contribution in [2.75, 3.05) is 33.1 Å². The number of Topliss-reactive ketones (excluding diaryl/α,β-unsaturated/α-hetero) is 1. The van der Waals surface area contributed by atoms with Gasteiger partial charge in [0.2, 0.25) is 0 Å². The third kappa shape index (κ3) is 3.98. The van der Waals surface area contributed by atoms with E-state index in [1.807, 2.05) is 0 Å². The van der Waals surface area contributed by atoms with Gasteiger partial charge in [0, 0.05) is 38.4 Å². The predicted octanol–water partition coefficient (Wildman–Crippen LogP) is 1.02. The van der Waals surface area contributed by atoms with Crippen LogP contribution in [0.25, 0.3) is 16.7 Å². The summed E-state index contributed by atoms with van der Waals surface area (Å²) in [7, 11) is 1.26. The normalized spacial score (nSPS) is 22.9. The number of piperazine rings is 1. The van der Waals surface area contributed by atoms with Gasteiger partial charge in [0.25, 0.3) is 17.6 Å². The molecule has 2 amide bonds. The number of carbonyl (C=O) groups is 3. The zero-order chi connectivity index (χ0) is 31.7. The van der Waals surface area contributed by atoms with Crippen molar-refractivity contribution in [2.45, 2.75) is 6.92 Å². The molecule has 0 spiro atoms. The van der Waals surface area contributed by atoms with E-state index >= 15 is 0 Å². The Kier molecular flexibility index (Phi) is 3.74. The van der Waals surface area contributed by atoms with Gasteiger partial charge in [-0.2, -0.15) is 5.10 Å². The summed E-state index contributed by atoms with van der Waals surface area (Å²) in [4.78, 5) is 54.7. The quantitative estimate of drug-likeness (QED) is 0.329. The lowest BCUT2D eigenvalue weighted by Crippen LogP contribution is -2.52. The van der Waals surface area contributed by atoms with Gasteiger partial charge >= 0.3 is 0 Å². The van der Waals surface area contributed by atoms with Gasteiger partial charge in [-0.3, -0.25) is 19.4 Å². The predicted molar refractivity (Wildman–Crippen MR) is 123 cm³/mol. The number of methoxy groups -OCH3 is 1. The Morgan fingerprint density at radius 2 is 1.86 bits per heavy atom. The second-order valence-electron chi connectivity index (χ2n) is 7.11. The number of aryl methyl sites for hydroxylation is 1. The molecule has 1 aliphatic heterocycles. The molecule has 0 unspecified atom stereocenters. The van der Waals surface area contributed by atoms with Crippen molar-refractivity contribution in [2.24, 2.45) is 0 Å². The molecule has 1 aliphatic rings. The third-order valence-corrected chi connectivity index (χ3v) is 4.97. The lowest BCUT2D eigenvalue weighted by molar-refractivity contribution is -0.127. The number of hydrogen-bond donors (Lipinski definition) is 1. The van der Waals surface area contributed by atoms with Crippen LogP contribution in [0.15, 0.2) is 43.1 Å². The number of H-pyrrole nitrogens is 1. The Balaban J connectivity index is 1.62. The first kappa shape index (κ1) is 14.6. The molecule has 12 heteroatoms. The Morgan fingerprint density at radius 1 is 1.09 bits per heavy atom. The van der Waals surface area contributed by atoms with Gasteiger partial charge in [-0.1, -0.05) is 6.07 Å². The minimum Gasteiger partial charge on any atom is -0.494 e. The lowest BCUT2D eigenvalue weighted by Gasteiger charge is -2.34. The zero-order valence-corrected chi connectivity index (χ0v) is 18.3. The minimum atomic E-state index is -3.78. The van der Waals surface area contributed by atoms with Crippen molar-refractivity contribution in [3.8, 4) is 11.6 Å². The molecule has 0 atom stereocenters. The van der Waals surface area contributed by atoms with E-state index in [2.05, 4.69) is 25.0 Å². The number of ketones is 1. The summed E-state index contributed by atoms with van der Waals surface area (Å²) in [6, 6.07) is 3.87. The number of hydrogen-bond acceptors (Lipinski definition) is 8. The number of nitrogens with one attached hydrogen (secondary N) is 1. The van der Waals surface area contributed by atoms with Crippen LogP contribution in [0.3, 0.4) is 0 Å². The highest BCUT2D eigenvalue weighted by Crippen LogP contribution is 2.31. The van der Waals surface area contributed by atoms with Gasteiger partial charge in [0.05, 0.1) is 40.7 Å². The van der Waals surface area contributed by atoms with Gasteiger partial charge in [0.1, 0.15) is 23.6 Å². The number of aromatic amines is 1. The highest BCUT2D eigenvalue weighted by atomic mass is 16.5. The average molecular weight is 483 g/mol. The van der Waals surface area contributed by atoms with Crippen LogP contribution in [-0.2, 0) is 4.79 Å². The van der Waals surface area contributed by atoms with Crippen molar-refractivity contribution in [1.82, 2.24) is 39.5 Å². The van der Waals surface area contributed by atoms with Crippen LogP contribution in [-0.4, -0.2) is 90.2 Å².